The minimum absolute atomic E-state index is 0.0761. The van der Waals surface area contributed by atoms with Gasteiger partial charge in [-0.05, 0) is 26.0 Å². The van der Waals surface area contributed by atoms with Crippen molar-refractivity contribution in [3.05, 3.63) is 17.3 Å². The van der Waals surface area contributed by atoms with Crippen LogP contribution in [0.4, 0.5) is 0 Å². The number of aromatic nitrogens is 2. The number of carbonyl (C=O) groups excluding carboxylic acids is 1. The first-order valence-corrected chi connectivity index (χ1v) is 12.0. The average Bonchev–Trinajstić information content (AvgIpc) is 3.37. The van der Waals surface area contributed by atoms with Gasteiger partial charge >= 0.3 is 0 Å². The molecule has 0 saturated carbocycles. The third kappa shape index (κ3) is 4.23. The van der Waals surface area contributed by atoms with Crippen LogP contribution in [-0.2, 0) is 14.8 Å². The Hall–Kier alpha value is -1.82. The second-order valence-corrected chi connectivity index (χ2v) is 10.7. The molecular weight excluding hydrogens is 414 g/mol. The maximum atomic E-state index is 13.2. The third-order valence-corrected chi connectivity index (χ3v) is 8.78. The van der Waals surface area contributed by atoms with Gasteiger partial charge in [0.2, 0.25) is 17.6 Å². The number of nitrogens with zero attached hydrogens (tertiary/aromatic N) is 5. The van der Waals surface area contributed by atoms with E-state index in [-0.39, 0.29) is 22.6 Å². The molecule has 2 aliphatic rings. The lowest BCUT2D eigenvalue weighted by Crippen LogP contribution is -2.52. The van der Waals surface area contributed by atoms with Crippen molar-refractivity contribution in [1.29, 1.82) is 0 Å². The summed E-state index contributed by atoms with van der Waals surface area (Å²) in [6, 6.07) is 1.58. The predicted octanol–water partition coefficient (Wildman–Crippen LogP) is 1.28. The Kier molecular flexibility index (Phi) is 5.74. The van der Waals surface area contributed by atoms with E-state index in [9.17, 15) is 13.2 Å². The van der Waals surface area contributed by atoms with Crippen LogP contribution in [0.15, 0.2) is 20.2 Å². The molecule has 1 atom stereocenters. The van der Waals surface area contributed by atoms with Crippen LogP contribution in [-0.4, -0.2) is 84.9 Å². The van der Waals surface area contributed by atoms with Crippen LogP contribution < -0.4 is 0 Å². The second-order valence-electron chi connectivity index (χ2n) is 7.62. The van der Waals surface area contributed by atoms with Gasteiger partial charge in [-0.2, -0.15) is 9.29 Å². The van der Waals surface area contributed by atoms with Crippen LogP contribution in [0.1, 0.15) is 18.7 Å². The number of amides is 1. The number of hydrogen-bond acceptors (Lipinski definition) is 8. The third-order valence-electron chi connectivity index (χ3n) is 5.50. The highest BCUT2D eigenvalue weighted by Gasteiger charge is 2.36. The molecule has 158 valence electrons. The van der Waals surface area contributed by atoms with Crippen molar-refractivity contribution in [2.75, 3.05) is 46.3 Å². The van der Waals surface area contributed by atoms with Crippen LogP contribution in [0.2, 0.25) is 0 Å². The summed E-state index contributed by atoms with van der Waals surface area (Å²) in [5, 5.41) is 5.56. The van der Waals surface area contributed by atoms with Crippen molar-refractivity contribution in [3.8, 4) is 11.4 Å². The lowest BCUT2D eigenvalue weighted by molar-refractivity contribution is -0.138. The van der Waals surface area contributed by atoms with Crippen molar-refractivity contribution in [3.63, 3.8) is 0 Å². The van der Waals surface area contributed by atoms with E-state index < -0.39 is 10.0 Å². The van der Waals surface area contributed by atoms with E-state index in [1.54, 1.807) is 18.4 Å². The second kappa shape index (κ2) is 8.13. The molecule has 9 nitrogen and oxygen atoms in total. The van der Waals surface area contributed by atoms with Crippen LogP contribution in [0, 0.1) is 12.8 Å². The van der Waals surface area contributed by atoms with Crippen LogP contribution in [0.25, 0.3) is 11.4 Å². The van der Waals surface area contributed by atoms with E-state index in [1.807, 2.05) is 11.9 Å². The summed E-state index contributed by atoms with van der Waals surface area (Å²) in [6.07, 6.45) is 1.42. The average molecular weight is 440 g/mol. The Morgan fingerprint density at radius 2 is 2.00 bits per heavy atom. The van der Waals surface area contributed by atoms with E-state index in [0.29, 0.717) is 43.3 Å². The molecule has 4 rings (SSSR count). The zero-order valence-corrected chi connectivity index (χ0v) is 18.2. The molecule has 0 unspecified atom stereocenters. The van der Waals surface area contributed by atoms with Gasteiger partial charge in [0.25, 0.3) is 10.0 Å². The Labute approximate surface area is 174 Å². The Morgan fingerprint density at radius 1 is 1.24 bits per heavy atom. The highest BCUT2D eigenvalue weighted by Crippen LogP contribution is 2.31. The number of carbonyl (C=O) groups is 1. The number of piperazine rings is 1. The summed E-state index contributed by atoms with van der Waals surface area (Å²) in [5.41, 5.74) is 0.618. The number of hydrogen-bond donors (Lipinski definition) is 0. The Bertz CT molecular complexity index is 978. The fraction of sp³-hybridized carbons (Fsp3) is 0.611. The molecule has 0 spiro atoms. The van der Waals surface area contributed by atoms with Crippen molar-refractivity contribution in [2.24, 2.45) is 5.92 Å². The molecule has 0 aromatic carbocycles. The Morgan fingerprint density at radius 3 is 2.69 bits per heavy atom. The topological polar surface area (TPSA) is 99.8 Å². The lowest BCUT2D eigenvalue weighted by Gasteiger charge is -2.37. The number of rotatable bonds is 4. The summed E-state index contributed by atoms with van der Waals surface area (Å²) in [5.74, 6) is 0.604. The minimum Gasteiger partial charge on any atom is -0.340 e. The molecule has 0 bridgehead atoms. The molecule has 2 saturated heterocycles. The van der Waals surface area contributed by atoms with Gasteiger partial charge in [0, 0.05) is 57.1 Å². The standard InChI is InChI=1S/C18H25N5O4S2/c1-13-19-17(20-27-13)15-10-16(28-12-15)29(25,26)23-5-3-4-14(11-23)18(24)22-8-6-21(2)7-9-22/h10,12,14H,3-9,11H2,1-2H3/t14-/m0/s1. The van der Waals surface area contributed by atoms with Crippen molar-refractivity contribution in [1.82, 2.24) is 24.2 Å². The molecule has 2 aliphatic heterocycles. The normalized spacial score (nSPS) is 22.1. The van der Waals surface area contributed by atoms with Gasteiger partial charge < -0.3 is 14.3 Å². The van der Waals surface area contributed by atoms with E-state index in [2.05, 4.69) is 15.0 Å². The maximum absolute atomic E-state index is 13.2. The smallest absolute Gasteiger partial charge is 0.252 e. The highest BCUT2D eigenvalue weighted by atomic mass is 32.2. The maximum Gasteiger partial charge on any atom is 0.252 e. The first-order chi connectivity index (χ1) is 13.8. The predicted molar refractivity (Wildman–Crippen MR) is 108 cm³/mol. The Balaban J connectivity index is 1.47. The molecular formula is C18H25N5O4S2. The van der Waals surface area contributed by atoms with E-state index in [4.69, 9.17) is 4.52 Å². The molecule has 4 heterocycles. The first-order valence-electron chi connectivity index (χ1n) is 9.71. The van der Waals surface area contributed by atoms with Gasteiger partial charge in [0.15, 0.2) is 0 Å². The van der Waals surface area contributed by atoms with Gasteiger partial charge in [0.1, 0.15) is 4.21 Å². The molecule has 0 aliphatic carbocycles. The van der Waals surface area contributed by atoms with Crippen LogP contribution in [0.3, 0.4) is 0 Å². The number of likely N-dealkylation sites (N-methyl/N-ethyl adjacent to an activating group) is 1. The monoisotopic (exact) mass is 439 g/mol. The summed E-state index contributed by atoms with van der Waals surface area (Å²) in [6.45, 7) is 5.48. The van der Waals surface area contributed by atoms with Crippen LogP contribution in [0.5, 0.6) is 0 Å². The molecule has 0 radical (unpaired) electrons. The quantitative estimate of drug-likeness (QED) is 0.707. The van der Waals surface area contributed by atoms with Crippen molar-refractivity contribution < 1.29 is 17.7 Å². The van der Waals surface area contributed by atoms with Gasteiger partial charge in [0.05, 0.1) is 5.92 Å². The number of thiophene rings is 1. The molecule has 11 heteroatoms. The van der Waals surface area contributed by atoms with Gasteiger partial charge in [-0.25, -0.2) is 8.42 Å². The minimum atomic E-state index is -3.66. The van der Waals surface area contributed by atoms with E-state index in [0.717, 1.165) is 30.8 Å². The van der Waals surface area contributed by atoms with Crippen molar-refractivity contribution >= 4 is 27.3 Å². The molecule has 1 amide bonds. The zero-order chi connectivity index (χ0) is 20.6. The molecule has 2 aromatic rings. The number of sulfonamides is 1. The van der Waals surface area contributed by atoms with Gasteiger partial charge in [-0.15, -0.1) is 11.3 Å². The summed E-state index contributed by atoms with van der Waals surface area (Å²) in [7, 11) is -1.62. The molecule has 2 fully saturated rings. The van der Waals surface area contributed by atoms with Gasteiger partial charge in [-0.3, -0.25) is 4.79 Å². The largest absolute Gasteiger partial charge is 0.340 e. The molecule has 29 heavy (non-hydrogen) atoms. The summed E-state index contributed by atoms with van der Waals surface area (Å²) >= 11 is 1.14. The number of aryl methyl sites for hydroxylation is 1. The first kappa shape index (κ1) is 20.5. The fourth-order valence-corrected chi connectivity index (χ4v) is 6.59. The van der Waals surface area contributed by atoms with Gasteiger partial charge in [-0.1, -0.05) is 5.16 Å². The molecule has 2 aromatic heterocycles. The lowest BCUT2D eigenvalue weighted by atomic mass is 9.98. The van der Waals surface area contributed by atoms with Crippen LogP contribution >= 0.6 is 11.3 Å². The van der Waals surface area contributed by atoms with Crippen molar-refractivity contribution in [2.45, 2.75) is 24.0 Å². The SMILES string of the molecule is Cc1nc(-c2csc(S(=O)(=O)N3CCC[C@H](C(=O)N4CCN(C)CC4)C3)c2)no1. The summed E-state index contributed by atoms with van der Waals surface area (Å²) < 4.78 is 33.0. The molecule has 0 N–H and O–H groups in total. The van der Waals surface area contributed by atoms with E-state index in [1.165, 1.54) is 4.31 Å². The zero-order valence-electron chi connectivity index (χ0n) is 16.6. The fourth-order valence-electron chi connectivity index (χ4n) is 3.76. The summed E-state index contributed by atoms with van der Waals surface area (Å²) in [4.78, 5) is 21.1. The highest BCUT2D eigenvalue weighted by molar-refractivity contribution is 7.91. The van der Waals surface area contributed by atoms with E-state index >= 15 is 0 Å². The number of piperidine rings is 1.